The summed E-state index contributed by atoms with van der Waals surface area (Å²) in [6, 6.07) is 0. The Labute approximate surface area is 74.7 Å². The third-order valence-corrected chi connectivity index (χ3v) is 3.06. The van der Waals surface area contributed by atoms with Gasteiger partial charge in [0.1, 0.15) is 6.10 Å². The van der Waals surface area contributed by atoms with Crippen LogP contribution in [0.3, 0.4) is 0 Å². The molecule has 0 aromatic carbocycles. The average molecular weight is 184 g/mol. The molecule has 1 heterocycles. The molecule has 0 aromatic heterocycles. The Kier molecular flexibility index (Phi) is 1.72. The highest BCUT2D eigenvalue weighted by molar-refractivity contribution is 6.69. The van der Waals surface area contributed by atoms with Crippen molar-refractivity contribution in [2.45, 2.75) is 44.4 Å². The van der Waals surface area contributed by atoms with Gasteiger partial charge in [-0.25, -0.2) is 0 Å². The fraction of sp³-hybridized carbons (Fsp3) is 0.778. The summed E-state index contributed by atoms with van der Waals surface area (Å²) >= 11 is 0. The molecule has 2 aliphatic rings. The number of rotatable bonds is 2. The highest BCUT2D eigenvalue weighted by Crippen LogP contribution is 2.46. The second-order valence-corrected chi connectivity index (χ2v) is 8.95. The van der Waals surface area contributed by atoms with Gasteiger partial charge in [0.15, 0.2) is 8.32 Å². The molecule has 2 atom stereocenters. The van der Waals surface area contributed by atoms with Crippen molar-refractivity contribution in [1.29, 1.82) is 0 Å². The van der Waals surface area contributed by atoms with Crippen molar-refractivity contribution in [3.63, 3.8) is 0 Å². The van der Waals surface area contributed by atoms with Gasteiger partial charge in [0, 0.05) is 0 Å². The molecule has 0 bridgehead atoms. The van der Waals surface area contributed by atoms with Crippen LogP contribution in [0.4, 0.5) is 0 Å². The van der Waals surface area contributed by atoms with E-state index in [0.29, 0.717) is 6.10 Å². The molecule has 1 aliphatic carbocycles. The molecule has 68 valence electrons. The lowest BCUT2D eigenvalue weighted by atomic mass is 10.1. The first-order valence-electron chi connectivity index (χ1n) is 4.58. The van der Waals surface area contributed by atoms with Crippen LogP contribution in [0.15, 0.2) is 12.2 Å². The van der Waals surface area contributed by atoms with E-state index in [1.54, 1.807) is 0 Å². The first kappa shape index (κ1) is 8.47. The van der Waals surface area contributed by atoms with Crippen molar-refractivity contribution in [3.05, 3.63) is 12.2 Å². The van der Waals surface area contributed by atoms with Crippen molar-refractivity contribution in [3.8, 4) is 0 Å². The van der Waals surface area contributed by atoms with Gasteiger partial charge in [-0.15, -0.1) is 0 Å². The first-order valence-corrected chi connectivity index (χ1v) is 7.98. The van der Waals surface area contributed by atoms with E-state index in [-0.39, 0.29) is 5.79 Å². The number of fused-ring (bicyclic) bond motifs is 1. The van der Waals surface area contributed by atoms with Crippen LogP contribution >= 0.6 is 0 Å². The standard InChI is InChI=1S/C9H16O2Si/c1-12(2,3)11-9-7-5-4-6-8(9)10-9/h5,7-8H,4,6H2,1-3H3. The molecule has 0 spiro atoms. The molecular formula is C9H16O2Si. The molecule has 0 N–H and O–H groups in total. The Morgan fingerprint density at radius 2 is 2.25 bits per heavy atom. The molecule has 2 rings (SSSR count). The quantitative estimate of drug-likeness (QED) is 0.373. The summed E-state index contributed by atoms with van der Waals surface area (Å²) in [5.41, 5.74) is 0. The van der Waals surface area contributed by atoms with Crippen LogP contribution < -0.4 is 0 Å². The molecule has 0 aromatic rings. The molecule has 3 heteroatoms. The van der Waals surface area contributed by atoms with E-state index in [1.165, 1.54) is 0 Å². The molecule has 1 fully saturated rings. The largest absolute Gasteiger partial charge is 0.386 e. The van der Waals surface area contributed by atoms with Gasteiger partial charge in [-0.05, 0) is 38.6 Å². The van der Waals surface area contributed by atoms with E-state index in [4.69, 9.17) is 9.16 Å². The summed E-state index contributed by atoms with van der Waals surface area (Å²) in [6.07, 6.45) is 6.89. The summed E-state index contributed by atoms with van der Waals surface area (Å²) in [6.45, 7) is 6.59. The minimum atomic E-state index is -1.45. The fourth-order valence-electron chi connectivity index (χ4n) is 1.69. The molecular weight excluding hydrogens is 168 g/mol. The predicted molar refractivity (Wildman–Crippen MR) is 50.4 cm³/mol. The van der Waals surface area contributed by atoms with Crippen LogP contribution in [0, 0.1) is 0 Å². The molecule has 0 saturated carbocycles. The Hall–Kier alpha value is -0.123. The normalized spacial score (nSPS) is 39.4. The minimum absolute atomic E-state index is 0.289. The zero-order valence-electron chi connectivity index (χ0n) is 7.96. The Bertz CT molecular complexity index is 219. The first-order chi connectivity index (χ1) is 5.52. The highest BCUT2D eigenvalue weighted by atomic mass is 28.4. The number of hydrogen-bond acceptors (Lipinski definition) is 2. The Balaban J connectivity index is 2.05. The highest BCUT2D eigenvalue weighted by Gasteiger charge is 2.58. The predicted octanol–water partition coefficient (Wildman–Crippen LogP) is 2.28. The molecule has 12 heavy (non-hydrogen) atoms. The molecule has 0 radical (unpaired) electrons. The number of epoxide rings is 1. The SMILES string of the molecule is C[Si](C)(C)OC12C=CCCC1O2. The second kappa shape index (κ2) is 2.43. The summed E-state index contributed by atoms with van der Waals surface area (Å²) in [4.78, 5) is 0. The zero-order valence-corrected chi connectivity index (χ0v) is 8.96. The number of hydrogen-bond donors (Lipinski definition) is 0. The van der Waals surface area contributed by atoms with Gasteiger partial charge >= 0.3 is 0 Å². The van der Waals surface area contributed by atoms with Crippen LogP contribution in [0.2, 0.25) is 19.6 Å². The van der Waals surface area contributed by atoms with Crippen molar-refractivity contribution in [2.75, 3.05) is 0 Å². The van der Waals surface area contributed by atoms with E-state index < -0.39 is 8.32 Å². The lowest BCUT2D eigenvalue weighted by molar-refractivity contribution is 0.100. The monoisotopic (exact) mass is 184 g/mol. The molecule has 1 saturated heterocycles. The third-order valence-electron chi connectivity index (χ3n) is 2.13. The van der Waals surface area contributed by atoms with Crippen molar-refractivity contribution in [2.24, 2.45) is 0 Å². The van der Waals surface area contributed by atoms with E-state index in [0.717, 1.165) is 12.8 Å². The zero-order chi connectivity index (χ0) is 8.82. The maximum absolute atomic E-state index is 5.97. The van der Waals surface area contributed by atoms with Crippen molar-refractivity contribution < 1.29 is 9.16 Å². The summed E-state index contributed by atoms with van der Waals surface area (Å²) in [5, 5.41) is 0. The third kappa shape index (κ3) is 1.49. The lowest BCUT2D eigenvalue weighted by Gasteiger charge is -2.23. The van der Waals surface area contributed by atoms with Gasteiger partial charge in [-0.1, -0.05) is 6.08 Å². The second-order valence-electron chi connectivity index (χ2n) is 4.52. The van der Waals surface area contributed by atoms with E-state index >= 15 is 0 Å². The summed E-state index contributed by atoms with van der Waals surface area (Å²) < 4.78 is 11.5. The van der Waals surface area contributed by atoms with E-state index in [9.17, 15) is 0 Å². The topological polar surface area (TPSA) is 21.8 Å². The van der Waals surface area contributed by atoms with Crippen molar-refractivity contribution in [1.82, 2.24) is 0 Å². The van der Waals surface area contributed by atoms with Crippen LogP contribution in [0.25, 0.3) is 0 Å². The summed E-state index contributed by atoms with van der Waals surface area (Å²) in [5.74, 6) is -0.289. The number of ether oxygens (including phenoxy) is 1. The van der Waals surface area contributed by atoms with Gasteiger partial charge < -0.3 is 9.16 Å². The van der Waals surface area contributed by atoms with Gasteiger partial charge in [-0.3, -0.25) is 0 Å². The van der Waals surface area contributed by atoms with Crippen LogP contribution in [-0.4, -0.2) is 20.2 Å². The molecule has 1 aliphatic heterocycles. The maximum atomic E-state index is 5.97. The van der Waals surface area contributed by atoms with Crippen LogP contribution in [-0.2, 0) is 9.16 Å². The van der Waals surface area contributed by atoms with Gasteiger partial charge in [0.25, 0.3) is 0 Å². The fourth-order valence-corrected chi connectivity index (χ4v) is 2.90. The molecule has 2 nitrogen and oxygen atoms in total. The van der Waals surface area contributed by atoms with E-state index in [1.807, 2.05) is 0 Å². The Morgan fingerprint density at radius 3 is 2.83 bits per heavy atom. The minimum Gasteiger partial charge on any atom is -0.386 e. The maximum Gasteiger partial charge on any atom is 0.206 e. The smallest absolute Gasteiger partial charge is 0.206 e. The number of allylic oxidation sites excluding steroid dienone is 1. The van der Waals surface area contributed by atoms with Crippen LogP contribution in [0.5, 0.6) is 0 Å². The summed E-state index contributed by atoms with van der Waals surface area (Å²) in [7, 11) is -1.45. The lowest BCUT2D eigenvalue weighted by Crippen LogP contribution is -2.35. The van der Waals surface area contributed by atoms with Crippen molar-refractivity contribution >= 4 is 8.32 Å². The molecule has 2 unspecified atom stereocenters. The van der Waals surface area contributed by atoms with E-state index in [2.05, 4.69) is 31.8 Å². The van der Waals surface area contributed by atoms with Gasteiger partial charge in [-0.2, -0.15) is 0 Å². The molecule has 0 amide bonds. The van der Waals surface area contributed by atoms with Gasteiger partial charge in [0.2, 0.25) is 5.79 Å². The Morgan fingerprint density at radius 1 is 1.50 bits per heavy atom. The van der Waals surface area contributed by atoms with Gasteiger partial charge in [0.05, 0.1) is 0 Å². The van der Waals surface area contributed by atoms with Crippen LogP contribution in [0.1, 0.15) is 12.8 Å². The average Bonchev–Trinajstić information content (AvgIpc) is 2.56.